The fraction of sp³-hybridized carbons (Fsp3) is 0.286. The van der Waals surface area contributed by atoms with Gasteiger partial charge in [0.05, 0.1) is 23.7 Å². The van der Waals surface area contributed by atoms with Crippen molar-refractivity contribution >= 4 is 39.0 Å². The number of nitrogens with zero attached hydrogens (tertiary/aromatic N) is 3. The number of hydrogen-bond acceptors (Lipinski definition) is 5. The molecule has 3 rings (SSSR count). The Labute approximate surface area is 167 Å². The molecule has 0 saturated carbocycles. The van der Waals surface area contributed by atoms with Gasteiger partial charge >= 0.3 is 0 Å². The summed E-state index contributed by atoms with van der Waals surface area (Å²) in [5.41, 5.74) is 5.76. The Morgan fingerprint density at radius 1 is 1.11 bits per heavy atom. The minimum absolute atomic E-state index is 0.193. The van der Waals surface area contributed by atoms with E-state index in [4.69, 9.17) is 9.55 Å². The molecule has 1 unspecified atom stereocenters. The summed E-state index contributed by atoms with van der Waals surface area (Å²) < 4.78 is 25.9. The number of hydrogen-bond donors (Lipinski definition) is 1. The van der Waals surface area contributed by atoms with E-state index in [0.717, 1.165) is 11.4 Å². The lowest BCUT2D eigenvalue weighted by molar-refractivity contribution is 0.490. The lowest BCUT2D eigenvalue weighted by Crippen LogP contribution is -2.37. The molecule has 0 aliphatic carbocycles. The summed E-state index contributed by atoms with van der Waals surface area (Å²) >= 11 is 0. The van der Waals surface area contributed by atoms with Crippen molar-refractivity contribution < 1.29 is 13.0 Å². The first kappa shape index (κ1) is 21.7. The second-order valence-corrected chi connectivity index (χ2v) is 8.34. The van der Waals surface area contributed by atoms with Crippen LogP contribution in [0.3, 0.4) is 0 Å². The van der Waals surface area contributed by atoms with Crippen molar-refractivity contribution in [3.05, 3.63) is 60.2 Å². The van der Waals surface area contributed by atoms with Gasteiger partial charge in [-0.2, -0.15) is 8.42 Å². The molecule has 7 heteroatoms. The molecule has 1 atom stereocenters. The molecule has 150 valence electrons. The molecule has 1 aliphatic rings. The van der Waals surface area contributed by atoms with E-state index in [9.17, 15) is 8.42 Å². The number of benzene rings is 2. The zero-order chi connectivity index (χ0) is 20.9. The summed E-state index contributed by atoms with van der Waals surface area (Å²) in [7, 11) is 2.57. The highest BCUT2D eigenvalue weighted by Gasteiger charge is 2.22. The summed E-state index contributed by atoms with van der Waals surface area (Å²) in [6.45, 7) is 2.09. The van der Waals surface area contributed by atoms with Gasteiger partial charge in [-0.05, 0) is 36.8 Å². The van der Waals surface area contributed by atoms with E-state index in [2.05, 4.69) is 92.5 Å². The molecule has 0 bridgehead atoms. The number of fused-ring (bicyclic) bond motifs is 1. The summed E-state index contributed by atoms with van der Waals surface area (Å²) in [6, 6.07) is 17.1. The molecule has 0 fully saturated rings. The molecule has 0 aromatic heterocycles. The first-order chi connectivity index (χ1) is 13.1. The molecule has 1 aliphatic heterocycles. The maximum Gasteiger partial charge on any atom is 0.261 e. The quantitative estimate of drug-likeness (QED) is 0.790. The van der Waals surface area contributed by atoms with Gasteiger partial charge < -0.3 is 9.80 Å². The monoisotopic (exact) mass is 401 g/mol. The van der Waals surface area contributed by atoms with Crippen LogP contribution < -0.4 is 9.80 Å². The molecule has 28 heavy (non-hydrogen) atoms. The number of aliphatic imine (C=N–C) groups is 1. The average Bonchev–Trinajstić information content (AvgIpc) is 2.60. The number of para-hydroxylation sites is 2. The Hall–Kier alpha value is -2.64. The fourth-order valence-electron chi connectivity index (χ4n) is 2.90. The van der Waals surface area contributed by atoms with E-state index >= 15 is 0 Å². The highest BCUT2D eigenvalue weighted by atomic mass is 32.2. The molecule has 1 heterocycles. The molecule has 0 radical (unpaired) electrons. The topological polar surface area (TPSA) is 73.2 Å². The van der Waals surface area contributed by atoms with Crippen LogP contribution in [0, 0.1) is 0 Å². The lowest BCUT2D eigenvalue weighted by Gasteiger charge is -2.32. The fourth-order valence-corrected chi connectivity index (χ4v) is 2.90. The third kappa shape index (κ3) is 6.21. The minimum Gasteiger partial charge on any atom is -0.378 e. The Balaban J connectivity index is 0.000000500. The van der Waals surface area contributed by atoms with Gasteiger partial charge in [0.15, 0.2) is 0 Å². The third-order valence-corrected chi connectivity index (χ3v) is 4.28. The largest absolute Gasteiger partial charge is 0.378 e. The Bertz CT molecular complexity index is 957. The van der Waals surface area contributed by atoms with E-state index in [1.54, 1.807) is 0 Å². The van der Waals surface area contributed by atoms with Gasteiger partial charge in [0.1, 0.15) is 0 Å². The smallest absolute Gasteiger partial charge is 0.261 e. The lowest BCUT2D eigenvalue weighted by atomic mass is 10.0. The third-order valence-electron chi connectivity index (χ3n) is 4.28. The van der Waals surface area contributed by atoms with Crippen molar-refractivity contribution in [3.8, 4) is 0 Å². The van der Waals surface area contributed by atoms with Gasteiger partial charge in [-0.15, -0.1) is 0 Å². The summed E-state index contributed by atoms with van der Waals surface area (Å²) in [5.74, 6) is 0. The average molecular weight is 402 g/mol. The minimum atomic E-state index is -3.67. The molecule has 0 saturated heterocycles. The molecule has 2 aromatic rings. The normalized spacial score (nSPS) is 16.1. The van der Waals surface area contributed by atoms with E-state index in [-0.39, 0.29) is 6.04 Å². The van der Waals surface area contributed by atoms with Gasteiger partial charge in [-0.3, -0.25) is 9.55 Å². The predicted molar refractivity (Wildman–Crippen MR) is 119 cm³/mol. The zero-order valence-electron chi connectivity index (χ0n) is 16.9. The summed E-state index contributed by atoms with van der Waals surface area (Å²) in [6.07, 6.45) is 5.11. The van der Waals surface area contributed by atoms with Crippen LogP contribution >= 0.6 is 0 Å². The molecule has 6 nitrogen and oxygen atoms in total. The van der Waals surface area contributed by atoms with Gasteiger partial charge in [0.2, 0.25) is 0 Å². The zero-order valence-corrected chi connectivity index (χ0v) is 17.7. The van der Waals surface area contributed by atoms with Crippen LogP contribution in [0.1, 0.15) is 12.5 Å². The van der Waals surface area contributed by atoms with Crippen LogP contribution in [0.2, 0.25) is 0 Å². The maximum absolute atomic E-state index is 9.19. The van der Waals surface area contributed by atoms with Crippen molar-refractivity contribution in [2.75, 3.05) is 37.2 Å². The van der Waals surface area contributed by atoms with Gasteiger partial charge in [-0.1, -0.05) is 36.4 Å². The Kier molecular flexibility index (Phi) is 6.99. The van der Waals surface area contributed by atoms with Gasteiger partial charge in [-0.25, -0.2) is 0 Å². The van der Waals surface area contributed by atoms with Crippen LogP contribution in [0.5, 0.6) is 0 Å². The highest BCUT2D eigenvalue weighted by Crippen LogP contribution is 2.33. The summed E-state index contributed by atoms with van der Waals surface area (Å²) in [4.78, 5) is 9.13. The number of rotatable bonds is 3. The van der Waals surface area contributed by atoms with Crippen molar-refractivity contribution in [2.24, 2.45) is 4.99 Å². The second kappa shape index (κ2) is 9.03. The van der Waals surface area contributed by atoms with E-state index in [0.29, 0.717) is 6.26 Å². The molecular formula is C21H27N3O3S. The Morgan fingerprint density at radius 3 is 2.25 bits per heavy atom. The predicted octanol–water partition coefficient (Wildman–Crippen LogP) is 3.88. The van der Waals surface area contributed by atoms with Gasteiger partial charge in [0.25, 0.3) is 10.1 Å². The van der Waals surface area contributed by atoms with Crippen molar-refractivity contribution in [1.29, 1.82) is 0 Å². The Morgan fingerprint density at radius 2 is 1.68 bits per heavy atom. The number of likely N-dealkylation sites (N-methyl/N-ethyl adjacent to an activating group) is 1. The van der Waals surface area contributed by atoms with Crippen molar-refractivity contribution in [2.45, 2.75) is 13.0 Å². The highest BCUT2D eigenvalue weighted by molar-refractivity contribution is 7.85. The maximum atomic E-state index is 9.19. The van der Waals surface area contributed by atoms with Gasteiger partial charge in [0, 0.05) is 32.5 Å². The van der Waals surface area contributed by atoms with E-state index in [1.165, 1.54) is 16.9 Å². The molecule has 1 N–H and O–H groups in total. The molecule has 0 spiro atoms. The standard InChI is InChI=1S/C20H23N3.CH4O3S/c1-15-19(23(4)20-8-6-5-7-18(20)21-15)14-11-16-9-12-17(13-10-16)22(2)3;1-5(2,3)4/h5-14,19H,1-4H3;1H3,(H,2,3,4). The molecular weight excluding hydrogens is 374 g/mol. The van der Waals surface area contributed by atoms with Crippen LogP contribution in [0.15, 0.2) is 59.6 Å². The van der Waals surface area contributed by atoms with Crippen LogP contribution in [-0.2, 0) is 10.1 Å². The first-order valence-electron chi connectivity index (χ1n) is 8.81. The molecule has 0 amide bonds. The number of anilines is 2. The van der Waals surface area contributed by atoms with Crippen LogP contribution in [-0.4, -0.2) is 52.1 Å². The second-order valence-electron chi connectivity index (χ2n) is 6.88. The molecule has 2 aromatic carbocycles. The van der Waals surface area contributed by atoms with Crippen LogP contribution in [0.4, 0.5) is 17.1 Å². The van der Waals surface area contributed by atoms with E-state index < -0.39 is 10.1 Å². The van der Waals surface area contributed by atoms with Crippen LogP contribution in [0.25, 0.3) is 6.08 Å². The summed E-state index contributed by atoms with van der Waals surface area (Å²) in [5, 5.41) is 0. The SMILES string of the molecule is CC1=Nc2ccccc2N(C)C1C=Cc1ccc(N(C)C)cc1.CS(=O)(=O)O. The van der Waals surface area contributed by atoms with Crippen molar-refractivity contribution in [3.63, 3.8) is 0 Å². The first-order valence-corrected chi connectivity index (χ1v) is 10.7. The van der Waals surface area contributed by atoms with Crippen molar-refractivity contribution in [1.82, 2.24) is 0 Å². The van der Waals surface area contributed by atoms with E-state index in [1.807, 2.05) is 6.07 Å².